The van der Waals surface area contributed by atoms with Gasteiger partial charge in [-0.15, -0.1) is 0 Å². The van der Waals surface area contributed by atoms with E-state index in [1.807, 2.05) is 0 Å². The Kier molecular flexibility index (Phi) is 7.01. The van der Waals surface area contributed by atoms with E-state index >= 15 is 0 Å². The maximum atomic E-state index is 3.70. The van der Waals surface area contributed by atoms with E-state index < -0.39 is 0 Å². The molecule has 0 aromatic rings. The molecule has 1 heterocycles. The first kappa shape index (κ1) is 13.9. The molecule has 1 aliphatic heterocycles. The lowest BCUT2D eigenvalue weighted by Crippen LogP contribution is -2.44. The minimum absolute atomic E-state index is 0.762. The van der Waals surface area contributed by atoms with E-state index in [1.165, 1.54) is 52.1 Å². The van der Waals surface area contributed by atoms with Gasteiger partial charge in [-0.05, 0) is 45.6 Å². The molecule has 1 N–H and O–H groups in total. The third kappa shape index (κ3) is 4.81. The van der Waals surface area contributed by atoms with Crippen LogP contribution < -0.4 is 5.32 Å². The van der Waals surface area contributed by atoms with E-state index in [0.717, 1.165) is 12.6 Å². The van der Waals surface area contributed by atoms with Gasteiger partial charge in [0.25, 0.3) is 0 Å². The van der Waals surface area contributed by atoms with Gasteiger partial charge in [-0.1, -0.05) is 20.8 Å². The van der Waals surface area contributed by atoms with Gasteiger partial charge in [0.05, 0.1) is 0 Å². The van der Waals surface area contributed by atoms with E-state index in [2.05, 4.69) is 35.9 Å². The highest BCUT2D eigenvalue weighted by atomic mass is 15.2. The van der Waals surface area contributed by atoms with Gasteiger partial charge < -0.3 is 15.1 Å². The average molecular weight is 227 g/mol. The van der Waals surface area contributed by atoms with Crippen LogP contribution in [0.2, 0.25) is 0 Å². The van der Waals surface area contributed by atoms with Crippen molar-refractivity contribution in [1.82, 2.24) is 15.1 Å². The summed E-state index contributed by atoms with van der Waals surface area (Å²) >= 11 is 0. The molecule has 0 saturated carbocycles. The highest BCUT2D eigenvalue weighted by Gasteiger charge is 2.17. The van der Waals surface area contributed by atoms with Gasteiger partial charge >= 0.3 is 0 Å². The maximum Gasteiger partial charge on any atom is 0.0107 e. The Hall–Kier alpha value is -0.120. The Labute approximate surface area is 101 Å². The second kappa shape index (κ2) is 8.04. The monoisotopic (exact) mass is 227 g/mol. The van der Waals surface area contributed by atoms with Crippen LogP contribution in [0.4, 0.5) is 0 Å². The zero-order chi connectivity index (χ0) is 11.8. The summed E-state index contributed by atoms with van der Waals surface area (Å²) in [7, 11) is 0. The van der Waals surface area contributed by atoms with Crippen LogP contribution in [0, 0.1) is 0 Å². The number of likely N-dealkylation sites (N-methyl/N-ethyl adjacent to an activating group) is 1. The largest absolute Gasteiger partial charge is 0.313 e. The van der Waals surface area contributed by atoms with Crippen LogP contribution >= 0.6 is 0 Å². The number of hydrogen-bond acceptors (Lipinski definition) is 3. The molecule has 3 heteroatoms. The summed E-state index contributed by atoms with van der Waals surface area (Å²) in [4.78, 5) is 5.02. The number of rotatable bonds is 7. The molecule has 0 spiro atoms. The van der Waals surface area contributed by atoms with Crippen molar-refractivity contribution in [3.63, 3.8) is 0 Å². The molecule has 0 bridgehead atoms. The van der Waals surface area contributed by atoms with Crippen LogP contribution in [0.3, 0.4) is 0 Å². The quantitative estimate of drug-likeness (QED) is 0.709. The van der Waals surface area contributed by atoms with E-state index in [4.69, 9.17) is 0 Å². The minimum atomic E-state index is 0.762. The minimum Gasteiger partial charge on any atom is -0.313 e. The molecule has 1 rings (SSSR count). The Bertz CT molecular complexity index is 161. The van der Waals surface area contributed by atoms with Crippen molar-refractivity contribution in [3.8, 4) is 0 Å². The molecule has 0 unspecified atom stereocenters. The van der Waals surface area contributed by atoms with E-state index in [1.54, 1.807) is 0 Å². The summed E-state index contributed by atoms with van der Waals surface area (Å²) in [6.07, 6.45) is 2.65. The molecular weight excluding hydrogens is 198 g/mol. The predicted molar refractivity (Wildman–Crippen MR) is 70.9 cm³/mol. The lowest BCUT2D eigenvalue weighted by molar-refractivity contribution is 0.201. The fourth-order valence-electron chi connectivity index (χ4n) is 2.42. The highest BCUT2D eigenvalue weighted by Crippen LogP contribution is 2.09. The molecule has 0 aromatic carbocycles. The zero-order valence-corrected chi connectivity index (χ0v) is 11.3. The molecule has 1 saturated heterocycles. The fraction of sp³-hybridized carbons (Fsp3) is 1.00. The molecule has 0 amide bonds. The number of nitrogens with zero attached hydrogens (tertiary/aromatic N) is 2. The molecule has 0 radical (unpaired) electrons. The number of piperidine rings is 1. The van der Waals surface area contributed by atoms with Crippen LogP contribution in [0.15, 0.2) is 0 Å². The van der Waals surface area contributed by atoms with Crippen molar-refractivity contribution in [1.29, 1.82) is 0 Å². The van der Waals surface area contributed by atoms with Crippen LogP contribution in [0.25, 0.3) is 0 Å². The van der Waals surface area contributed by atoms with Gasteiger partial charge in [-0.2, -0.15) is 0 Å². The van der Waals surface area contributed by atoms with Crippen LogP contribution in [-0.4, -0.2) is 61.7 Å². The summed E-state index contributed by atoms with van der Waals surface area (Å²) < 4.78 is 0. The zero-order valence-electron chi connectivity index (χ0n) is 11.3. The first-order valence-corrected chi connectivity index (χ1v) is 6.98. The highest BCUT2D eigenvalue weighted by molar-refractivity contribution is 4.76. The van der Waals surface area contributed by atoms with Gasteiger partial charge in [0.2, 0.25) is 0 Å². The van der Waals surface area contributed by atoms with Crippen molar-refractivity contribution >= 4 is 0 Å². The molecule has 0 aliphatic carbocycles. The van der Waals surface area contributed by atoms with E-state index in [9.17, 15) is 0 Å². The Morgan fingerprint density at radius 1 is 1.12 bits per heavy atom. The smallest absolute Gasteiger partial charge is 0.0107 e. The van der Waals surface area contributed by atoms with Crippen molar-refractivity contribution in [2.24, 2.45) is 0 Å². The van der Waals surface area contributed by atoms with Gasteiger partial charge in [-0.25, -0.2) is 0 Å². The first-order valence-electron chi connectivity index (χ1n) is 6.98. The first-order chi connectivity index (χ1) is 7.80. The number of hydrogen-bond donors (Lipinski definition) is 1. The van der Waals surface area contributed by atoms with Gasteiger partial charge in [0.15, 0.2) is 0 Å². The van der Waals surface area contributed by atoms with Crippen LogP contribution in [0.5, 0.6) is 0 Å². The van der Waals surface area contributed by atoms with E-state index in [0.29, 0.717) is 0 Å². The second-order valence-corrected chi connectivity index (χ2v) is 4.69. The second-order valence-electron chi connectivity index (χ2n) is 4.69. The summed E-state index contributed by atoms with van der Waals surface area (Å²) in [5.74, 6) is 0. The summed E-state index contributed by atoms with van der Waals surface area (Å²) in [5.41, 5.74) is 0. The molecular formula is C13H29N3. The fourth-order valence-corrected chi connectivity index (χ4v) is 2.42. The lowest BCUT2D eigenvalue weighted by Gasteiger charge is -2.32. The van der Waals surface area contributed by atoms with E-state index in [-0.39, 0.29) is 0 Å². The van der Waals surface area contributed by atoms with Crippen molar-refractivity contribution in [3.05, 3.63) is 0 Å². The van der Waals surface area contributed by atoms with Crippen LogP contribution in [-0.2, 0) is 0 Å². The normalized spacial score (nSPS) is 19.5. The molecule has 1 aliphatic rings. The van der Waals surface area contributed by atoms with Gasteiger partial charge in [-0.3, -0.25) is 0 Å². The van der Waals surface area contributed by atoms with Crippen molar-refractivity contribution in [2.75, 3.05) is 45.8 Å². The van der Waals surface area contributed by atoms with Crippen molar-refractivity contribution in [2.45, 2.75) is 39.7 Å². The molecule has 16 heavy (non-hydrogen) atoms. The lowest BCUT2D eigenvalue weighted by atomic mass is 10.1. The summed E-state index contributed by atoms with van der Waals surface area (Å²) in [6, 6.07) is 0.762. The molecule has 96 valence electrons. The van der Waals surface area contributed by atoms with Crippen LogP contribution in [0.1, 0.15) is 33.6 Å². The molecule has 0 aromatic heterocycles. The summed E-state index contributed by atoms with van der Waals surface area (Å²) in [5, 5.41) is 3.70. The SMILES string of the molecule is CCN(CC)CCNC1CCN(CC)CC1. The number of nitrogens with one attached hydrogen (secondary N) is 1. The molecule has 1 fully saturated rings. The standard InChI is InChI=1S/C13H29N3/c1-4-15(5-2)12-9-14-13-7-10-16(6-3)11-8-13/h13-14H,4-12H2,1-3H3. The third-order valence-electron chi connectivity index (χ3n) is 3.79. The van der Waals surface area contributed by atoms with Gasteiger partial charge in [0.1, 0.15) is 0 Å². The third-order valence-corrected chi connectivity index (χ3v) is 3.79. The summed E-state index contributed by atoms with van der Waals surface area (Å²) in [6.45, 7) is 15.2. The molecule has 3 nitrogen and oxygen atoms in total. The Balaban J connectivity index is 2.06. The average Bonchev–Trinajstić information content (AvgIpc) is 2.35. The predicted octanol–water partition coefficient (Wildman–Crippen LogP) is 1.40. The topological polar surface area (TPSA) is 18.5 Å². The number of likely N-dealkylation sites (tertiary alicyclic amines) is 1. The maximum absolute atomic E-state index is 3.70. The Morgan fingerprint density at radius 3 is 2.25 bits per heavy atom. The van der Waals surface area contributed by atoms with Crippen molar-refractivity contribution < 1.29 is 0 Å². The Morgan fingerprint density at radius 2 is 1.75 bits per heavy atom. The molecule has 0 atom stereocenters. The van der Waals surface area contributed by atoms with Gasteiger partial charge in [0, 0.05) is 19.1 Å².